The van der Waals surface area contributed by atoms with Crippen molar-refractivity contribution in [3.05, 3.63) is 34.2 Å². The molecule has 0 saturated heterocycles. The first kappa shape index (κ1) is 10.5. The fourth-order valence-corrected chi connectivity index (χ4v) is 1.92. The molecule has 0 atom stereocenters. The Kier molecular flexibility index (Phi) is 2.98. The van der Waals surface area contributed by atoms with E-state index in [-0.39, 0.29) is 0 Å². The number of rotatable bonds is 2. The second-order valence-electron chi connectivity index (χ2n) is 3.43. The van der Waals surface area contributed by atoms with Crippen molar-refractivity contribution in [1.82, 2.24) is 9.97 Å². The number of nitrogens with zero attached hydrogens (tertiary/aromatic N) is 2. The second kappa shape index (κ2) is 4.24. The molecule has 2 rings (SSSR count). The zero-order valence-corrected chi connectivity index (χ0v) is 10.1. The molecular weight excluding hydrogens is 254 g/mol. The lowest BCUT2D eigenvalue weighted by atomic mass is 10.2. The van der Waals surface area contributed by atoms with E-state index < -0.39 is 0 Å². The maximum absolute atomic E-state index is 5.49. The zero-order chi connectivity index (χ0) is 10.8. The Bertz CT molecular complexity index is 496. The van der Waals surface area contributed by atoms with Crippen molar-refractivity contribution in [2.75, 3.05) is 6.54 Å². The SMILES string of the molecule is Cc1nc(CCN)nc2ccc(Br)cc12. The van der Waals surface area contributed by atoms with Gasteiger partial charge in [0, 0.05) is 22.0 Å². The Morgan fingerprint density at radius 1 is 1.33 bits per heavy atom. The van der Waals surface area contributed by atoms with Gasteiger partial charge < -0.3 is 5.73 Å². The molecule has 4 heteroatoms. The molecule has 0 saturated carbocycles. The van der Waals surface area contributed by atoms with Crippen LogP contribution in [0.5, 0.6) is 0 Å². The zero-order valence-electron chi connectivity index (χ0n) is 8.50. The van der Waals surface area contributed by atoms with E-state index in [1.54, 1.807) is 0 Å². The summed E-state index contributed by atoms with van der Waals surface area (Å²) in [6, 6.07) is 6.02. The molecule has 0 unspecified atom stereocenters. The van der Waals surface area contributed by atoms with Crippen LogP contribution >= 0.6 is 15.9 Å². The van der Waals surface area contributed by atoms with Crippen LogP contribution in [0.4, 0.5) is 0 Å². The molecule has 2 N–H and O–H groups in total. The van der Waals surface area contributed by atoms with Crippen molar-refractivity contribution in [2.45, 2.75) is 13.3 Å². The Morgan fingerprint density at radius 2 is 2.13 bits per heavy atom. The number of aryl methyl sites for hydroxylation is 1. The minimum atomic E-state index is 0.585. The molecule has 0 aliphatic rings. The molecule has 0 amide bonds. The number of fused-ring (bicyclic) bond motifs is 1. The van der Waals surface area contributed by atoms with Gasteiger partial charge in [0.1, 0.15) is 5.82 Å². The Balaban J connectivity index is 2.62. The Morgan fingerprint density at radius 3 is 2.87 bits per heavy atom. The van der Waals surface area contributed by atoms with Crippen LogP contribution in [-0.2, 0) is 6.42 Å². The van der Waals surface area contributed by atoms with Crippen LogP contribution in [0.3, 0.4) is 0 Å². The summed E-state index contributed by atoms with van der Waals surface area (Å²) < 4.78 is 1.05. The van der Waals surface area contributed by atoms with Gasteiger partial charge in [0.15, 0.2) is 0 Å². The molecule has 0 aliphatic carbocycles. The summed E-state index contributed by atoms with van der Waals surface area (Å²) in [5.41, 5.74) is 7.48. The lowest BCUT2D eigenvalue weighted by Gasteiger charge is -2.04. The van der Waals surface area contributed by atoms with Gasteiger partial charge in [-0.25, -0.2) is 9.97 Å². The first-order valence-electron chi connectivity index (χ1n) is 4.83. The second-order valence-corrected chi connectivity index (χ2v) is 4.34. The topological polar surface area (TPSA) is 51.8 Å². The summed E-state index contributed by atoms with van der Waals surface area (Å²) in [4.78, 5) is 8.88. The van der Waals surface area contributed by atoms with E-state index in [1.807, 2.05) is 25.1 Å². The van der Waals surface area contributed by atoms with Gasteiger partial charge in [0.2, 0.25) is 0 Å². The lowest BCUT2D eigenvalue weighted by molar-refractivity contribution is 0.869. The third kappa shape index (κ3) is 2.16. The van der Waals surface area contributed by atoms with Crippen LogP contribution in [-0.4, -0.2) is 16.5 Å². The van der Waals surface area contributed by atoms with Crippen molar-refractivity contribution in [3.63, 3.8) is 0 Å². The number of halogens is 1. The quantitative estimate of drug-likeness (QED) is 0.906. The average molecular weight is 266 g/mol. The summed E-state index contributed by atoms with van der Waals surface area (Å²) in [5, 5.41) is 1.09. The van der Waals surface area contributed by atoms with Gasteiger partial charge >= 0.3 is 0 Å². The van der Waals surface area contributed by atoms with Crippen LogP contribution in [0.15, 0.2) is 22.7 Å². The maximum Gasteiger partial charge on any atom is 0.130 e. The van der Waals surface area contributed by atoms with Gasteiger partial charge in [-0.3, -0.25) is 0 Å². The lowest BCUT2D eigenvalue weighted by Crippen LogP contribution is -2.07. The van der Waals surface area contributed by atoms with Crippen molar-refractivity contribution in [1.29, 1.82) is 0 Å². The molecule has 3 nitrogen and oxygen atoms in total. The fraction of sp³-hybridized carbons (Fsp3) is 0.273. The highest BCUT2D eigenvalue weighted by Gasteiger charge is 2.04. The largest absolute Gasteiger partial charge is 0.330 e. The summed E-state index contributed by atoms with van der Waals surface area (Å²) >= 11 is 3.44. The van der Waals surface area contributed by atoms with E-state index >= 15 is 0 Å². The van der Waals surface area contributed by atoms with Crippen LogP contribution in [0.2, 0.25) is 0 Å². The van der Waals surface area contributed by atoms with Crippen molar-refractivity contribution < 1.29 is 0 Å². The molecule has 0 bridgehead atoms. The highest BCUT2D eigenvalue weighted by atomic mass is 79.9. The van der Waals surface area contributed by atoms with E-state index in [1.165, 1.54) is 0 Å². The molecule has 0 aliphatic heterocycles. The number of hydrogen-bond donors (Lipinski definition) is 1. The van der Waals surface area contributed by atoms with Crippen molar-refractivity contribution in [2.24, 2.45) is 5.73 Å². The highest BCUT2D eigenvalue weighted by Crippen LogP contribution is 2.20. The molecule has 0 fully saturated rings. The molecule has 1 heterocycles. The number of hydrogen-bond acceptors (Lipinski definition) is 3. The van der Waals surface area contributed by atoms with Gasteiger partial charge in [-0.15, -0.1) is 0 Å². The van der Waals surface area contributed by atoms with E-state index in [9.17, 15) is 0 Å². The number of nitrogens with two attached hydrogens (primary N) is 1. The smallest absolute Gasteiger partial charge is 0.130 e. The predicted octanol–water partition coefficient (Wildman–Crippen LogP) is 2.20. The first-order valence-corrected chi connectivity index (χ1v) is 5.63. The molecule has 1 aromatic carbocycles. The van der Waals surface area contributed by atoms with E-state index in [0.717, 1.165) is 33.3 Å². The summed E-state index contributed by atoms with van der Waals surface area (Å²) in [6.07, 6.45) is 0.729. The monoisotopic (exact) mass is 265 g/mol. The molecule has 1 aromatic heterocycles. The Hall–Kier alpha value is -1.000. The third-order valence-corrected chi connectivity index (χ3v) is 2.76. The molecule has 0 radical (unpaired) electrons. The standard InChI is InChI=1S/C11H12BrN3/c1-7-9-6-8(12)2-3-10(9)15-11(14-7)4-5-13/h2-3,6H,4-5,13H2,1H3. The van der Waals surface area contributed by atoms with Gasteiger partial charge in [-0.05, 0) is 31.7 Å². The van der Waals surface area contributed by atoms with Crippen LogP contribution in [0, 0.1) is 6.92 Å². The molecule has 15 heavy (non-hydrogen) atoms. The van der Waals surface area contributed by atoms with Crippen LogP contribution < -0.4 is 5.73 Å². The van der Waals surface area contributed by atoms with Crippen molar-refractivity contribution >= 4 is 26.8 Å². The van der Waals surface area contributed by atoms with E-state index in [4.69, 9.17) is 5.73 Å². The number of benzene rings is 1. The normalized spacial score (nSPS) is 10.9. The fourth-order valence-electron chi connectivity index (χ4n) is 1.55. The van der Waals surface area contributed by atoms with Gasteiger partial charge in [-0.2, -0.15) is 0 Å². The van der Waals surface area contributed by atoms with E-state index in [0.29, 0.717) is 6.54 Å². The minimum absolute atomic E-state index is 0.585. The third-order valence-electron chi connectivity index (χ3n) is 2.26. The highest BCUT2D eigenvalue weighted by molar-refractivity contribution is 9.10. The first-order chi connectivity index (χ1) is 7.20. The van der Waals surface area contributed by atoms with E-state index in [2.05, 4.69) is 25.9 Å². The van der Waals surface area contributed by atoms with Crippen LogP contribution in [0.25, 0.3) is 10.9 Å². The molecular formula is C11H12BrN3. The summed E-state index contributed by atoms with van der Waals surface area (Å²) in [6.45, 7) is 2.58. The molecule has 78 valence electrons. The molecule has 0 spiro atoms. The summed E-state index contributed by atoms with van der Waals surface area (Å²) in [7, 11) is 0. The van der Waals surface area contributed by atoms with Gasteiger partial charge in [0.25, 0.3) is 0 Å². The summed E-state index contributed by atoms with van der Waals surface area (Å²) in [5.74, 6) is 0.824. The molecule has 2 aromatic rings. The predicted molar refractivity (Wildman–Crippen MR) is 64.7 cm³/mol. The minimum Gasteiger partial charge on any atom is -0.330 e. The average Bonchev–Trinajstić information content (AvgIpc) is 2.20. The van der Waals surface area contributed by atoms with Gasteiger partial charge in [0.05, 0.1) is 5.52 Å². The van der Waals surface area contributed by atoms with Crippen molar-refractivity contribution in [3.8, 4) is 0 Å². The number of aromatic nitrogens is 2. The van der Waals surface area contributed by atoms with Crippen LogP contribution in [0.1, 0.15) is 11.5 Å². The Labute approximate surface area is 96.9 Å². The maximum atomic E-state index is 5.49. The van der Waals surface area contributed by atoms with Gasteiger partial charge in [-0.1, -0.05) is 15.9 Å².